The van der Waals surface area contributed by atoms with Gasteiger partial charge < -0.3 is 9.26 Å². The molecule has 32 heavy (non-hydrogen) atoms. The Morgan fingerprint density at radius 1 is 1.25 bits per heavy atom. The molecule has 0 saturated heterocycles. The Labute approximate surface area is 185 Å². The first-order valence-corrected chi connectivity index (χ1v) is 11.7. The SMILES string of the molecule is CCS(=O)(=O)N1Cc2ccccc2CC1C(=O)OCc1nc(-c2ccc(C)c(F)c2)no1. The van der Waals surface area contributed by atoms with Gasteiger partial charge in [0.1, 0.15) is 11.9 Å². The number of carbonyl (C=O) groups is 1. The monoisotopic (exact) mass is 459 g/mol. The number of carbonyl (C=O) groups excluding carboxylic acids is 1. The van der Waals surface area contributed by atoms with E-state index in [1.807, 2.05) is 24.3 Å². The van der Waals surface area contributed by atoms with Crippen molar-refractivity contribution in [2.24, 2.45) is 0 Å². The maximum Gasteiger partial charge on any atom is 0.325 e. The Hall–Kier alpha value is -3.11. The maximum absolute atomic E-state index is 13.8. The van der Waals surface area contributed by atoms with Gasteiger partial charge in [0.05, 0.1) is 5.75 Å². The number of hydrogen-bond donors (Lipinski definition) is 0. The molecular formula is C22H22FN3O5S. The highest BCUT2D eigenvalue weighted by Gasteiger charge is 2.39. The van der Waals surface area contributed by atoms with Gasteiger partial charge in [0.25, 0.3) is 5.89 Å². The van der Waals surface area contributed by atoms with E-state index in [1.165, 1.54) is 17.3 Å². The number of nitrogens with zero attached hydrogens (tertiary/aromatic N) is 3. The zero-order chi connectivity index (χ0) is 22.9. The molecule has 0 aliphatic carbocycles. The quantitative estimate of drug-likeness (QED) is 0.522. The van der Waals surface area contributed by atoms with Crippen molar-refractivity contribution in [3.8, 4) is 11.4 Å². The number of aromatic nitrogens is 2. The van der Waals surface area contributed by atoms with Crippen LogP contribution < -0.4 is 0 Å². The van der Waals surface area contributed by atoms with Crippen LogP contribution in [0.4, 0.5) is 4.39 Å². The van der Waals surface area contributed by atoms with Crippen LogP contribution in [0.5, 0.6) is 0 Å². The second-order valence-electron chi connectivity index (χ2n) is 7.52. The maximum atomic E-state index is 13.8. The van der Waals surface area contributed by atoms with Crippen molar-refractivity contribution in [2.45, 2.75) is 39.5 Å². The molecular weight excluding hydrogens is 437 g/mol. The van der Waals surface area contributed by atoms with E-state index in [1.54, 1.807) is 19.1 Å². The van der Waals surface area contributed by atoms with Crippen LogP contribution in [0, 0.1) is 12.7 Å². The molecule has 2 heterocycles. The van der Waals surface area contributed by atoms with Gasteiger partial charge in [-0.1, -0.05) is 41.6 Å². The normalized spacial score (nSPS) is 16.5. The smallest absolute Gasteiger partial charge is 0.325 e. The average Bonchev–Trinajstić information content (AvgIpc) is 3.27. The van der Waals surface area contributed by atoms with Crippen molar-refractivity contribution in [1.29, 1.82) is 0 Å². The van der Waals surface area contributed by atoms with Gasteiger partial charge in [0.15, 0.2) is 6.61 Å². The van der Waals surface area contributed by atoms with Gasteiger partial charge >= 0.3 is 5.97 Å². The first-order valence-electron chi connectivity index (χ1n) is 10.1. The van der Waals surface area contributed by atoms with Crippen LogP contribution in [0.3, 0.4) is 0 Å². The second-order valence-corrected chi connectivity index (χ2v) is 9.73. The summed E-state index contributed by atoms with van der Waals surface area (Å²) in [6.45, 7) is 2.96. The molecule has 3 aromatic rings. The van der Waals surface area contributed by atoms with Gasteiger partial charge in [0.2, 0.25) is 15.8 Å². The molecule has 0 N–H and O–H groups in total. The number of sulfonamides is 1. The van der Waals surface area contributed by atoms with E-state index in [9.17, 15) is 17.6 Å². The van der Waals surface area contributed by atoms with Gasteiger partial charge in [0, 0.05) is 18.5 Å². The molecule has 1 aliphatic rings. The van der Waals surface area contributed by atoms with Crippen molar-refractivity contribution in [3.05, 3.63) is 70.9 Å². The lowest BCUT2D eigenvalue weighted by molar-refractivity contribution is -0.150. The third-order valence-electron chi connectivity index (χ3n) is 5.44. The number of benzene rings is 2. The number of rotatable bonds is 6. The first kappa shape index (κ1) is 22.1. The van der Waals surface area contributed by atoms with Crippen LogP contribution in [0.15, 0.2) is 47.0 Å². The largest absolute Gasteiger partial charge is 0.454 e. The van der Waals surface area contributed by atoms with Crippen molar-refractivity contribution in [3.63, 3.8) is 0 Å². The Kier molecular flexibility index (Phi) is 6.07. The molecule has 0 bridgehead atoms. The molecule has 1 unspecified atom stereocenters. The van der Waals surface area contributed by atoms with E-state index in [4.69, 9.17) is 9.26 Å². The fraction of sp³-hybridized carbons (Fsp3) is 0.318. The molecule has 4 rings (SSSR count). The Balaban J connectivity index is 1.49. The number of hydrogen-bond acceptors (Lipinski definition) is 7. The number of fused-ring (bicyclic) bond motifs is 1. The van der Waals surface area contributed by atoms with Gasteiger partial charge in [-0.3, -0.25) is 4.79 Å². The molecule has 1 aliphatic heterocycles. The predicted molar refractivity (Wildman–Crippen MR) is 113 cm³/mol. The van der Waals surface area contributed by atoms with Crippen LogP contribution in [-0.4, -0.2) is 40.6 Å². The molecule has 0 saturated carbocycles. The number of halogens is 1. The summed E-state index contributed by atoms with van der Waals surface area (Å²) >= 11 is 0. The highest BCUT2D eigenvalue weighted by molar-refractivity contribution is 7.89. The van der Waals surface area contributed by atoms with E-state index in [0.29, 0.717) is 11.1 Å². The molecule has 1 aromatic heterocycles. The van der Waals surface area contributed by atoms with Gasteiger partial charge in [-0.15, -0.1) is 0 Å². The Bertz CT molecular complexity index is 1260. The lowest BCUT2D eigenvalue weighted by atomic mass is 9.96. The van der Waals surface area contributed by atoms with Crippen molar-refractivity contribution in [2.75, 3.05) is 5.75 Å². The summed E-state index contributed by atoms with van der Waals surface area (Å²) in [7, 11) is -3.64. The summed E-state index contributed by atoms with van der Waals surface area (Å²) in [6, 6.07) is 11.0. The zero-order valence-corrected chi connectivity index (χ0v) is 18.4. The highest BCUT2D eigenvalue weighted by atomic mass is 32.2. The average molecular weight is 459 g/mol. The molecule has 168 valence electrons. The third kappa shape index (κ3) is 4.42. The van der Waals surface area contributed by atoms with E-state index in [0.717, 1.165) is 11.1 Å². The van der Waals surface area contributed by atoms with Crippen LogP contribution >= 0.6 is 0 Å². The molecule has 0 amide bonds. The molecule has 2 aromatic carbocycles. The Morgan fingerprint density at radius 2 is 2.00 bits per heavy atom. The predicted octanol–water partition coefficient (Wildman–Crippen LogP) is 3.00. The highest BCUT2D eigenvalue weighted by Crippen LogP contribution is 2.27. The van der Waals surface area contributed by atoms with E-state index in [2.05, 4.69) is 10.1 Å². The standard InChI is InChI=1S/C22H22FN3O5S/c1-3-32(28,29)26-12-17-7-5-4-6-15(17)11-19(26)22(27)30-13-20-24-21(25-31-20)16-9-8-14(2)18(23)10-16/h4-10,19H,3,11-13H2,1-2H3. The minimum Gasteiger partial charge on any atom is -0.454 e. The number of esters is 1. The van der Waals surface area contributed by atoms with E-state index >= 15 is 0 Å². The molecule has 0 radical (unpaired) electrons. The number of aryl methyl sites for hydroxylation is 1. The fourth-order valence-corrected chi connectivity index (χ4v) is 4.77. The number of ether oxygens (including phenoxy) is 1. The Morgan fingerprint density at radius 3 is 2.72 bits per heavy atom. The fourth-order valence-electron chi connectivity index (χ4n) is 3.55. The van der Waals surface area contributed by atoms with Crippen LogP contribution in [0.2, 0.25) is 0 Å². The van der Waals surface area contributed by atoms with Crippen LogP contribution in [0.25, 0.3) is 11.4 Å². The van der Waals surface area contributed by atoms with E-state index < -0.39 is 27.9 Å². The van der Waals surface area contributed by atoms with Crippen LogP contribution in [-0.2, 0) is 39.1 Å². The summed E-state index contributed by atoms with van der Waals surface area (Å²) < 4.78 is 50.6. The summed E-state index contributed by atoms with van der Waals surface area (Å²) in [5, 5.41) is 3.79. The molecule has 8 nitrogen and oxygen atoms in total. The van der Waals surface area contributed by atoms with Crippen molar-refractivity contribution >= 4 is 16.0 Å². The lowest BCUT2D eigenvalue weighted by Crippen LogP contribution is -2.49. The lowest BCUT2D eigenvalue weighted by Gasteiger charge is -2.34. The van der Waals surface area contributed by atoms with E-state index in [-0.39, 0.29) is 37.0 Å². The minimum atomic E-state index is -3.64. The molecule has 10 heteroatoms. The van der Waals surface area contributed by atoms with Gasteiger partial charge in [-0.2, -0.15) is 9.29 Å². The third-order valence-corrected chi connectivity index (χ3v) is 7.26. The zero-order valence-electron chi connectivity index (χ0n) is 17.6. The van der Waals surface area contributed by atoms with Crippen molar-refractivity contribution < 1.29 is 26.9 Å². The summed E-state index contributed by atoms with van der Waals surface area (Å²) in [6.07, 6.45) is 0.214. The first-order chi connectivity index (χ1) is 15.3. The van der Waals surface area contributed by atoms with Crippen LogP contribution in [0.1, 0.15) is 29.5 Å². The van der Waals surface area contributed by atoms with Gasteiger partial charge in [-0.25, -0.2) is 12.8 Å². The summed E-state index contributed by atoms with van der Waals surface area (Å²) in [5.41, 5.74) is 2.68. The molecule has 1 atom stereocenters. The molecule has 0 spiro atoms. The van der Waals surface area contributed by atoms with Crippen molar-refractivity contribution in [1.82, 2.24) is 14.4 Å². The molecule has 0 fully saturated rings. The summed E-state index contributed by atoms with van der Waals surface area (Å²) in [5.74, 6) is -1.03. The topological polar surface area (TPSA) is 103 Å². The second kappa shape index (κ2) is 8.79. The minimum absolute atomic E-state index is 0.0236. The summed E-state index contributed by atoms with van der Waals surface area (Å²) in [4.78, 5) is 17.0. The van der Waals surface area contributed by atoms with Gasteiger partial charge in [-0.05, 0) is 36.6 Å².